The van der Waals surface area contributed by atoms with Crippen molar-refractivity contribution in [3.05, 3.63) is 66.2 Å². The molecular weight excluding hydrogens is 390 g/mol. The van der Waals surface area contributed by atoms with Crippen LogP contribution in [0.4, 0.5) is 5.82 Å². The Morgan fingerprint density at radius 1 is 1.14 bits per heavy atom. The van der Waals surface area contributed by atoms with Crippen molar-refractivity contribution in [1.82, 2.24) is 9.78 Å². The van der Waals surface area contributed by atoms with Crippen molar-refractivity contribution in [2.24, 2.45) is 0 Å². The third-order valence-electron chi connectivity index (χ3n) is 4.95. The van der Waals surface area contributed by atoms with E-state index in [1.165, 1.54) is 0 Å². The van der Waals surface area contributed by atoms with Gasteiger partial charge in [0.15, 0.2) is 9.84 Å². The smallest absolute Gasteiger partial charge is 0.256 e. The number of ether oxygens (including phenoxy) is 1. The van der Waals surface area contributed by atoms with E-state index in [4.69, 9.17) is 4.74 Å². The van der Waals surface area contributed by atoms with Crippen LogP contribution in [0.5, 0.6) is 5.75 Å². The molecule has 4 rings (SSSR count). The second-order valence-electron chi connectivity index (χ2n) is 6.96. The van der Waals surface area contributed by atoms with Gasteiger partial charge < -0.3 is 10.1 Å². The predicted octanol–water partition coefficient (Wildman–Crippen LogP) is 3.17. The summed E-state index contributed by atoms with van der Waals surface area (Å²) in [4.78, 5) is 12.7. The van der Waals surface area contributed by atoms with Gasteiger partial charge in [-0.05, 0) is 30.7 Å². The Balaban J connectivity index is 1.66. The fourth-order valence-electron chi connectivity index (χ4n) is 3.42. The highest BCUT2D eigenvalue weighted by Gasteiger charge is 2.31. The zero-order valence-electron chi connectivity index (χ0n) is 15.9. The molecule has 1 fully saturated rings. The molecule has 2 heterocycles. The van der Waals surface area contributed by atoms with E-state index in [2.05, 4.69) is 10.4 Å². The van der Waals surface area contributed by atoms with Crippen LogP contribution in [0.1, 0.15) is 22.8 Å². The summed E-state index contributed by atoms with van der Waals surface area (Å²) in [5.41, 5.74) is 2.05. The van der Waals surface area contributed by atoms with E-state index < -0.39 is 9.84 Å². The van der Waals surface area contributed by atoms with E-state index in [1.54, 1.807) is 42.1 Å². The van der Waals surface area contributed by atoms with Gasteiger partial charge in [-0.25, -0.2) is 13.1 Å². The number of benzene rings is 2. The van der Waals surface area contributed by atoms with Crippen molar-refractivity contribution >= 4 is 21.6 Å². The molecular formula is C21H21N3O4S. The van der Waals surface area contributed by atoms with Crippen LogP contribution in [0.25, 0.3) is 11.3 Å². The third kappa shape index (κ3) is 4.17. The molecule has 3 aromatic rings. The summed E-state index contributed by atoms with van der Waals surface area (Å²) < 4.78 is 30.7. The van der Waals surface area contributed by atoms with Crippen LogP contribution in [0.3, 0.4) is 0 Å². The first-order chi connectivity index (χ1) is 13.9. The van der Waals surface area contributed by atoms with Gasteiger partial charge in [-0.2, -0.15) is 5.10 Å². The second kappa shape index (κ2) is 7.71. The Kier molecular flexibility index (Phi) is 5.10. The molecule has 0 saturated carbocycles. The van der Waals surface area contributed by atoms with Crippen LogP contribution in [0.15, 0.2) is 60.7 Å². The quantitative estimate of drug-likeness (QED) is 0.696. The van der Waals surface area contributed by atoms with Gasteiger partial charge in [0.05, 0.1) is 30.4 Å². The van der Waals surface area contributed by atoms with E-state index in [0.717, 1.165) is 5.56 Å². The summed E-state index contributed by atoms with van der Waals surface area (Å²) in [5.74, 6) is 0.994. The number of anilines is 1. The predicted molar refractivity (Wildman–Crippen MR) is 111 cm³/mol. The summed E-state index contributed by atoms with van der Waals surface area (Å²) in [5, 5.41) is 7.50. The molecule has 0 radical (unpaired) electrons. The van der Waals surface area contributed by atoms with Crippen LogP contribution >= 0.6 is 0 Å². The average Bonchev–Trinajstić information content (AvgIpc) is 3.31. The van der Waals surface area contributed by atoms with Crippen molar-refractivity contribution in [2.75, 3.05) is 23.9 Å². The van der Waals surface area contributed by atoms with Crippen LogP contribution in [-0.2, 0) is 9.84 Å². The van der Waals surface area contributed by atoms with Crippen molar-refractivity contribution < 1.29 is 17.9 Å². The van der Waals surface area contributed by atoms with Crippen molar-refractivity contribution in [3.8, 4) is 17.0 Å². The Morgan fingerprint density at radius 3 is 2.48 bits per heavy atom. The van der Waals surface area contributed by atoms with Crippen LogP contribution < -0.4 is 10.1 Å². The van der Waals surface area contributed by atoms with Gasteiger partial charge in [0.25, 0.3) is 5.91 Å². The highest BCUT2D eigenvalue weighted by Crippen LogP contribution is 2.30. The molecule has 0 aliphatic carbocycles. The summed E-state index contributed by atoms with van der Waals surface area (Å²) in [6, 6.07) is 17.8. The summed E-state index contributed by atoms with van der Waals surface area (Å²) in [7, 11) is -1.53. The van der Waals surface area contributed by atoms with E-state index in [1.807, 2.05) is 30.3 Å². The highest BCUT2D eigenvalue weighted by molar-refractivity contribution is 7.91. The number of carbonyl (C=O) groups is 1. The van der Waals surface area contributed by atoms with Crippen molar-refractivity contribution in [2.45, 2.75) is 12.5 Å². The normalized spacial score (nSPS) is 17.8. The van der Waals surface area contributed by atoms with Gasteiger partial charge in [-0.15, -0.1) is 0 Å². The molecule has 1 amide bonds. The lowest BCUT2D eigenvalue weighted by molar-refractivity contribution is 0.102. The van der Waals surface area contributed by atoms with E-state index in [0.29, 0.717) is 29.2 Å². The fourth-order valence-corrected chi connectivity index (χ4v) is 5.11. The molecule has 1 aliphatic heterocycles. The standard InChI is InChI=1S/C21H21N3O4S/c1-28-18-9-7-16(8-10-18)21(25)22-20-13-19(15-5-3-2-4-6-15)23-24(20)17-11-12-29(26,27)14-17/h2-10,13,17H,11-12,14H2,1H3,(H,22,25). The molecule has 7 nitrogen and oxygen atoms in total. The molecule has 1 aromatic heterocycles. The Morgan fingerprint density at radius 2 is 1.86 bits per heavy atom. The molecule has 8 heteroatoms. The zero-order valence-corrected chi connectivity index (χ0v) is 16.7. The Labute approximate surface area is 169 Å². The largest absolute Gasteiger partial charge is 0.497 e. The first kappa shape index (κ1) is 19.2. The van der Waals surface area contributed by atoms with Crippen molar-refractivity contribution in [1.29, 1.82) is 0 Å². The minimum atomic E-state index is -3.09. The topological polar surface area (TPSA) is 90.3 Å². The second-order valence-corrected chi connectivity index (χ2v) is 9.19. The van der Waals surface area contributed by atoms with E-state index in [9.17, 15) is 13.2 Å². The van der Waals surface area contributed by atoms with Gasteiger partial charge >= 0.3 is 0 Å². The lowest BCUT2D eigenvalue weighted by Gasteiger charge is -2.14. The molecule has 1 aliphatic rings. The zero-order chi connectivity index (χ0) is 20.4. The lowest BCUT2D eigenvalue weighted by atomic mass is 10.1. The molecule has 1 N–H and O–H groups in total. The number of methoxy groups -OCH3 is 1. The number of hydrogen-bond acceptors (Lipinski definition) is 5. The first-order valence-corrected chi connectivity index (χ1v) is 11.1. The lowest BCUT2D eigenvalue weighted by Crippen LogP contribution is -2.19. The molecule has 0 bridgehead atoms. The number of rotatable bonds is 5. The minimum absolute atomic E-state index is 0.0221. The number of carbonyl (C=O) groups excluding carboxylic acids is 1. The molecule has 150 valence electrons. The van der Waals surface area contributed by atoms with Gasteiger partial charge in [-0.3, -0.25) is 4.79 Å². The number of aromatic nitrogens is 2. The maximum Gasteiger partial charge on any atom is 0.256 e. The van der Waals surface area contributed by atoms with Gasteiger partial charge in [0.1, 0.15) is 11.6 Å². The van der Waals surface area contributed by atoms with Crippen LogP contribution in [-0.4, -0.2) is 42.7 Å². The van der Waals surface area contributed by atoms with Crippen molar-refractivity contribution in [3.63, 3.8) is 0 Å². The molecule has 2 aromatic carbocycles. The van der Waals surface area contributed by atoms with E-state index in [-0.39, 0.29) is 23.5 Å². The highest BCUT2D eigenvalue weighted by atomic mass is 32.2. The number of nitrogens with one attached hydrogen (secondary N) is 1. The first-order valence-electron chi connectivity index (χ1n) is 9.26. The van der Waals surface area contributed by atoms with E-state index >= 15 is 0 Å². The number of amides is 1. The summed E-state index contributed by atoms with van der Waals surface area (Å²) >= 11 is 0. The molecule has 1 saturated heterocycles. The Hall–Kier alpha value is -3.13. The Bertz CT molecular complexity index is 1120. The summed E-state index contributed by atoms with van der Waals surface area (Å²) in [6.45, 7) is 0. The van der Waals surface area contributed by atoms with Crippen LogP contribution in [0, 0.1) is 0 Å². The maximum atomic E-state index is 12.7. The molecule has 1 atom stereocenters. The van der Waals surface area contributed by atoms with Gasteiger partial charge in [0, 0.05) is 17.2 Å². The summed E-state index contributed by atoms with van der Waals surface area (Å²) in [6.07, 6.45) is 0.476. The minimum Gasteiger partial charge on any atom is -0.497 e. The SMILES string of the molecule is COc1ccc(C(=O)Nc2cc(-c3ccccc3)nn2C2CCS(=O)(=O)C2)cc1. The fraction of sp³-hybridized carbons (Fsp3) is 0.238. The number of sulfone groups is 1. The van der Waals surface area contributed by atoms with Gasteiger partial charge in [-0.1, -0.05) is 30.3 Å². The number of hydrogen-bond donors (Lipinski definition) is 1. The molecule has 0 spiro atoms. The molecule has 1 unspecified atom stereocenters. The third-order valence-corrected chi connectivity index (χ3v) is 6.70. The molecule has 29 heavy (non-hydrogen) atoms. The maximum absolute atomic E-state index is 12.7. The monoisotopic (exact) mass is 411 g/mol. The van der Waals surface area contributed by atoms with Crippen LogP contribution in [0.2, 0.25) is 0 Å². The average molecular weight is 411 g/mol. The van der Waals surface area contributed by atoms with Gasteiger partial charge in [0.2, 0.25) is 0 Å². The number of nitrogens with zero attached hydrogens (tertiary/aromatic N) is 2.